The van der Waals surface area contributed by atoms with Gasteiger partial charge in [-0.3, -0.25) is 4.90 Å². The minimum absolute atomic E-state index is 0.0970. The average molecular weight is 325 g/mol. The van der Waals surface area contributed by atoms with Crippen molar-refractivity contribution in [1.29, 1.82) is 0 Å². The van der Waals surface area contributed by atoms with Crippen molar-refractivity contribution in [2.24, 2.45) is 0 Å². The van der Waals surface area contributed by atoms with Crippen molar-refractivity contribution < 1.29 is 23.8 Å². The normalized spacial score (nSPS) is 17.2. The number of hydrogen-bond acceptors (Lipinski definition) is 5. The number of rotatable bonds is 4. The Bertz CT molecular complexity index is 874. The number of hydrogen-bond donors (Lipinski definition) is 1. The predicted octanol–water partition coefficient (Wildman–Crippen LogP) is 3.54. The number of ether oxygens (including phenoxy) is 2. The molecular formula is C18H15NO5. The Hall–Kier alpha value is -3.15. The van der Waals surface area contributed by atoms with Crippen LogP contribution in [0.2, 0.25) is 0 Å². The Labute approximate surface area is 137 Å². The van der Waals surface area contributed by atoms with E-state index >= 15 is 0 Å². The fourth-order valence-electron chi connectivity index (χ4n) is 2.70. The van der Waals surface area contributed by atoms with Gasteiger partial charge in [0, 0.05) is 11.8 Å². The molecule has 1 aliphatic rings. The second-order valence-electron chi connectivity index (χ2n) is 5.54. The molecule has 1 atom stereocenters. The molecule has 24 heavy (non-hydrogen) atoms. The second kappa shape index (κ2) is 5.81. The van der Waals surface area contributed by atoms with Crippen LogP contribution in [-0.4, -0.2) is 30.5 Å². The number of carbonyl (C=O) groups excluding carboxylic acids is 1. The van der Waals surface area contributed by atoms with Crippen molar-refractivity contribution in [1.82, 2.24) is 0 Å². The average Bonchev–Trinajstić information content (AvgIpc) is 3.17. The van der Waals surface area contributed by atoms with Gasteiger partial charge in [-0.2, -0.15) is 0 Å². The van der Waals surface area contributed by atoms with Gasteiger partial charge in [0.2, 0.25) is 0 Å². The summed E-state index contributed by atoms with van der Waals surface area (Å²) < 4.78 is 16.3. The van der Waals surface area contributed by atoms with E-state index in [1.54, 1.807) is 23.1 Å². The van der Waals surface area contributed by atoms with Crippen LogP contribution in [0.15, 0.2) is 59.2 Å². The van der Waals surface area contributed by atoms with Crippen LogP contribution in [-0.2, 0) is 4.74 Å². The lowest BCUT2D eigenvalue weighted by atomic mass is 10.2. The number of amides is 1. The quantitative estimate of drug-likeness (QED) is 0.794. The van der Waals surface area contributed by atoms with Crippen LogP contribution in [0.4, 0.5) is 10.5 Å². The number of fused-ring (bicyclic) bond motifs is 1. The lowest BCUT2D eigenvalue weighted by Gasteiger charge is -2.12. The topological polar surface area (TPSA) is 72.1 Å². The Kier molecular flexibility index (Phi) is 3.49. The van der Waals surface area contributed by atoms with Crippen molar-refractivity contribution in [3.05, 3.63) is 54.8 Å². The van der Waals surface area contributed by atoms with Gasteiger partial charge >= 0.3 is 6.09 Å². The van der Waals surface area contributed by atoms with E-state index in [9.17, 15) is 9.90 Å². The summed E-state index contributed by atoms with van der Waals surface area (Å²) in [5.74, 6) is 0.686. The van der Waals surface area contributed by atoms with Gasteiger partial charge in [0.05, 0.1) is 11.9 Å². The van der Waals surface area contributed by atoms with Crippen molar-refractivity contribution in [2.75, 3.05) is 18.1 Å². The van der Waals surface area contributed by atoms with Crippen molar-refractivity contribution in [2.45, 2.75) is 6.10 Å². The third kappa shape index (κ3) is 2.62. The number of para-hydroxylation sites is 1. The molecule has 1 unspecified atom stereocenters. The number of aromatic hydroxyl groups is 1. The van der Waals surface area contributed by atoms with Gasteiger partial charge < -0.3 is 19.0 Å². The summed E-state index contributed by atoms with van der Waals surface area (Å²) in [5, 5.41) is 10.2. The lowest BCUT2D eigenvalue weighted by molar-refractivity contribution is 0.105. The van der Waals surface area contributed by atoms with Crippen LogP contribution < -0.4 is 9.64 Å². The van der Waals surface area contributed by atoms with Crippen LogP contribution >= 0.6 is 0 Å². The summed E-state index contributed by atoms with van der Waals surface area (Å²) in [7, 11) is 0. The Balaban J connectivity index is 1.41. The number of benzene rings is 2. The zero-order valence-corrected chi connectivity index (χ0v) is 12.7. The first-order chi connectivity index (χ1) is 11.7. The molecule has 0 saturated carbocycles. The smallest absolute Gasteiger partial charge is 0.414 e. The first-order valence-electron chi connectivity index (χ1n) is 7.57. The minimum atomic E-state index is -0.374. The zero-order valence-electron chi connectivity index (χ0n) is 12.7. The van der Waals surface area contributed by atoms with Crippen LogP contribution in [0, 0.1) is 0 Å². The number of carbonyl (C=O) groups is 1. The molecule has 0 aliphatic carbocycles. The standard InChI is InChI=1S/C18H15NO5/c20-16-11-23-17-8-13(6-7-15(16)17)22-10-14-9-19(18(21)24-14)12-4-2-1-3-5-12/h1-8,11,14,20H,9-10H2. The molecule has 1 saturated heterocycles. The van der Waals surface area contributed by atoms with Gasteiger partial charge in [-0.05, 0) is 24.3 Å². The van der Waals surface area contributed by atoms with E-state index in [1.165, 1.54) is 6.26 Å². The summed E-state index contributed by atoms with van der Waals surface area (Å²) in [6.07, 6.45) is 0.560. The van der Waals surface area contributed by atoms with E-state index in [4.69, 9.17) is 13.9 Å². The Morgan fingerprint density at radius 2 is 2.04 bits per heavy atom. The Morgan fingerprint density at radius 3 is 2.88 bits per heavy atom. The molecule has 2 heterocycles. The molecule has 0 spiro atoms. The molecule has 0 bridgehead atoms. The van der Waals surface area contributed by atoms with Crippen LogP contribution in [0.1, 0.15) is 0 Å². The number of nitrogens with zero attached hydrogens (tertiary/aromatic N) is 1. The number of anilines is 1. The third-order valence-corrected chi connectivity index (χ3v) is 3.90. The first kappa shape index (κ1) is 14.4. The maximum Gasteiger partial charge on any atom is 0.414 e. The summed E-state index contributed by atoms with van der Waals surface area (Å²) in [6, 6.07) is 14.5. The molecule has 1 fully saturated rings. The van der Waals surface area contributed by atoms with E-state index in [-0.39, 0.29) is 24.6 Å². The van der Waals surface area contributed by atoms with Crippen molar-refractivity contribution in [3.63, 3.8) is 0 Å². The molecule has 6 nitrogen and oxygen atoms in total. The molecule has 1 aliphatic heterocycles. The van der Waals surface area contributed by atoms with E-state index in [2.05, 4.69) is 0 Å². The molecule has 6 heteroatoms. The van der Waals surface area contributed by atoms with Crippen LogP contribution in [0.25, 0.3) is 11.0 Å². The van der Waals surface area contributed by atoms with E-state index in [1.807, 2.05) is 30.3 Å². The van der Waals surface area contributed by atoms with Gasteiger partial charge in [0.25, 0.3) is 0 Å². The molecule has 1 N–H and O–H groups in total. The second-order valence-corrected chi connectivity index (χ2v) is 5.54. The monoisotopic (exact) mass is 325 g/mol. The van der Waals surface area contributed by atoms with Gasteiger partial charge in [-0.1, -0.05) is 18.2 Å². The van der Waals surface area contributed by atoms with Crippen molar-refractivity contribution >= 4 is 22.7 Å². The predicted molar refractivity (Wildman–Crippen MR) is 87.4 cm³/mol. The Morgan fingerprint density at radius 1 is 1.21 bits per heavy atom. The van der Waals surface area contributed by atoms with Crippen LogP contribution in [0.3, 0.4) is 0 Å². The molecule has 2 aromatic carbocycles. The largest absolute Gasteiger partial charge is 0.504 e. The highest BCUT2D eigenvalue weighted by Gasteiger charge is 2.32. The molecule has 122 valence electrons. The SMILES string of the molecule is O=C1OC(COc2ccc3c(O)coc3c2)CN1c1ccccc1. The van der Waals surface area contributed by atoms with Gasteiger partial charge in [-0.15, -0.1) is 0 Å². The van der Waals surface area contributed by atoms with Gasteiger partial charge in [0.1, 0.15) is 24.2 Å². The molecular weight excluding hydrogens is 310 g/mol. The van der Waals surface area contributed by atoms with E-state index in [0.29, 0.717) is 23.3 Å². The lowest BCUT2D eigenvalue weighted by Crippen LogP contribution is -2.26. The maximum absolute atomic E-state index is 12.0. The highest BCUT2D eigenvalue weighted by atomic mass is 16.6. The van der Waals surface area contributed by atoms with Crippen LogP contribution in [0.5, 0.6) is 11.5 Å². The molecule has 1 amide bonds. The summed E-state index contributed by atoms with van der Waals surface area (Å²) in [6.45, 7) is 0.680. The molecule has 3 aromatic rings. The fraction of sp³-hybridized carbons (Fsp3) is 0.167. The molecule has 4 rings (SSSR count). The fourth-order valence-corrected chi connectivity index (χ4v) is 2.70. The highest BCUT2D eigenvalue weighted by molar-refractivity contribution is 5.89. The highest BCUT2D eigenvalue weighted by Crippen LogP contribution is 2.30. The molecule has 0 radical (unpaired) electrons. The first-order valence-corrected chi connectivity index (χ1v) is 7.57. The van der Waals surface area contributed by atoms with E-state index in [0.717, 1.165) is 5.69 Å². The summed E-state index contributed by atoms with van der Waals surface area (Å²) in [5.41, 5.74) is 1.34. The minimum Gasteiger partial charge on any atom is -0.504 e. The third-order valence-electron chi connectivity index (χ3n) is 3.90. The summed E-state index contributed by atoms with van der Waals surface area (Å²) >= 11 is 0. The van der Waals surface area contributed by atoms with E-state index < -0.39 is 0 Å². The van der Waals surface area contributed by atoms with Gasteiger partial charge in [0.15, 0.2) is 11.9 Å². The van der Waals surface area contributed by atoms with Gasteiger partial charge in [-0.25, -0.2) is 4.79 Å². The number of furan rings is 1. The summed E-state index contributed by atoms with van der Waals surface area (Å²) in [4.78, 5) is 13.6. The zero-order chi connectivity index (χ0) is 16.5. The molecule has 1 aromatic heterocycles. The van der Waals surface area contributed by atoms with Crippen molar-refractivity contribution in [3.8, 4) is 11.5 Å². The number of cyclic esters (lactones) is 1. The maximum atomic E-state index is 12.0.